The van der Waals surface area contributed by atoms with E-state index in [1.54, 1.807) is 18.4 Å². The molecule has 0 amide bonds. The highest BCUT2D eigenvalue weighted by molar-refractivity contribution is 7.09. The van der Waals surface area contributed by atoms with E-state index in [2.05, 4.69) is 22.2 Å². The van der Waals surface area contributed by atoms with E-state index in [1.165, 1.54) is 12.8 Å². The number of alkyl halides is 1. The molecule has 1 fully saturated rings. The lowest BCUT2D eigenvalue weighted by Crippen LogP contribution is -2.40. The van der Waals surface area contributed by atoms with Gasteiger partial charge in [0.15, 0.2) is 0 Å². The summed E-state index contributed by atoms with van der Waals surface area (Å²) in [7, 11) is 1.80. The Kier molecular flexibility index (Phi) is 4.79. The molecule has 2 rings (SSSR count). The third-order valence-electron chi connectivity index (χ3n) is 3.35. The lowest BCUT2D eigenvalue weighted by molar-refractivity contribution is 0.0170. The second kappa shape index (κ2) is 6.14. The zero-order valence-corrected chi connectivity index (χ0v) is 11.9. The Hall–Kier alpha value is -0.160. The van der Waals surface area contributed by atoms with E-state index in [0.717, 1.165) is 23.8 Å². The Bertz CT molecular complexity index is 358. The molecule has 1 aliphatic rings. The second-order valence-corrected chi connectivity index (χ2v) is 5.64. The summed E-state index contributed by atoms with van der Waals surface area (Å²) < 4.78 is 5.45. The third kappa shape index (κ3) is 3.19. The number of rotatable bonds is 4. The molecule has 0 bridgehead atoms. The molecular weight excluding hydrogens is 256 g/mol. The van der Waals surface area contributed by atoms with E-state index >= 15 is 0 Å². The van der Waals surface area contributed by atoms with Gasteiger partial charge >= 0.3 is 0 Å². The van der Waals surface area contributed by atoms with Crippen LogP contribution in [-0.4, -0.2) is 36.2 Å². The molecule has 5 heteroatoms. The van der Waals surface area contributed by atoms with E-state index in [-0.39, 0.29) is 0 Å². The number of hydrogen-bond acceptors (Lipinski definition) is 4. The lowest BCUT2D eigenvalue weighted by Gasteiger charge is -2.35. The molecule has 2 atom stereocenters. The minimum atomic E-state index is 0.370. The molecule has 17 heavy (non-hydrogen) atoms. The van der Waals surface area contributed by atoms with Crippen molar-refractivity contribution in [1.82, 2.24) is 9.88 Å². The molecule has 1 aromatic rings. The standard InChI is InChI=1S/C12H19ClN2OS/c1-9(12-14-10(6-13)8-17-12)15-5-3-4-11(7-15)16-2/h8-9,11H,3-7H2,1-2H3. The monoisotopic (exact) mass is 274 g/mol. The number of halogens is 1. The zero-order valence-electron chi connectivity index (χ0n) is 10.4. The number of hydrogen-bond donors (Lipinski definition) is 0. The van der Waals surface area contributed by atoms with Crippen molar-refractivity contribution in [3.63, 3.8) is 0 Å². The number of thiazole rings is 1. The molecule has 1 aromatic heterocycles. The van der Waals surface area contributed by atoms with Crippen LogP contribution >= 0.6 is 22.9 Å². The third-order valence-corrected chi connectivity index (χ3v) is 4.69. The summed E-state index contributed by atoms with van der Waals surface area (Å²) in [6.07, 6.45) is 2.75. The van der Waals surface area contributed by atoms with Crippen molar-refractivity contribution >= 4 is 22.9 Å². The van der Waals surface area contributed by atoms with Crippen molar-refractivity contribution in [2.75, 3.05) is 20.2 Å². The summed E-state index contributed by atoms with van der Waals surface area (Å²) in [5.41, 5.74) is 0.985. The summed E-state index contributed by atoms with van der Waals surface area (Å²) in [6.45, 7) is 4.36. The number of ether oxygens (including phenoxy) is 1. The molecule has 1 saturated heterocycles. The summed E-state index contributed by atoms with van der Waals surface area (Å²) in [4.78, 5) is 7.01. The van der Waals surface area contributed by atoms with E-state index in [4.69, 9.17) is 16.3 Å². The molecule has 0 aliphatic carbocycles. The van der Waals surface area contributed by atoms with Crippen LogP contribution < -0.4 is 0 Å². The van der Waals surface area contributed by atoms with Crippen LogP contribution in [0.1, 0.15) is 36.5 Å². The molecule has 1 aliphatic heterocycles. The van der Waals surface area contributed by atoms with E-state index < -0.39 is 0 Å². The molecular formula is C12H19ClN2OS. The number of piperidine rings is 1. The lowest BCUT2D eigenvalue weighted by atomic mass is 10.1. The minimum Gasteiger partial charge on any atom is -0.380 e. The maximum absolute atomic E-state index is 5.79. The van der Waals surface area contributed by atoms with E-state index in [1.807, 2.05) is 0 Å². The fraction of sp³-hybridized carbons (Fsp3) is 0.750. The molecule has 2 heterocycles. The van der Waals surface area contributed by atoms with Crippen molar-refractivity contribution in [3.05, 3.63) is 16.1 Å². The molecule has 0 saturated carbocycles. The van der Waals surface area contributed by atoms with Crippen molar-refractivity contribution in [1.29, 1.82) is 0 Å². The molecule has 0 N–H and O–H groups in total. The molecule has 0 aromatic carbocycles. The van der Waals surface area contributed by atoms with Gasteiger partial charge in [0.2, 0.25) is 0 Å². The van der Waals surface area contributed by atoms with Crippen LogP contribution in [0.2, 0.25) is 0 Å². The maximum Gasteiger partial charge on any atom is 0.110 e. The smallest absolute Gasteiger partial charge is 0.110 e. The Balaban J connectivity index is 2.00. The first-order valence-corrected chi connectivity index (χ1v) is 7.43. The molecule has 0 radical (unpaired) electrons. The maximum atomic E-state index is 5.79. The molecule has 3 nitrogen and oxygen atoms in total. The van der Waals surface area contributed by atoms with Crippen LogP contribution in [0, 0.1) is 0 Å². The summed E-state index contributed by atoms with van der Waals surface area (Å²) in [6, 6.07) is 0.370. The number of aromatic nitrogens is 1. The van der Waals surface area contributed by atoms with Gasteiger partial charge in [0, 0.05) is 19.0 Å². The van der Waals surface area contributed by atoms with E-state index in [0.29, 0.717) is 18.0 Å². The van der Waals surface area contributed by atoms with Crippen LogP contribution in [0.25, 0.3) is 0 Å². The van der Waals surface area contributed by atoms with Gasteiger partial charge in [-0.2, -0.15) is 0 Å². The second-order valence-electron chi connectivity index (χ2n) is 4.48. The van der Waals surface area contributed by atoms with Gasteiger partial charge in [0.05, 0.1) is 23.7 Å². The Morgan fingerprint density at radius 1 is 1.71 bits per heavy atom. The number of nitrogens with zero attached hydrogens (tertiary/aromatic N) is 2. The normalized spacial score (nSPS) is 23.8. The molecule has 96 valence electrons. The van der Waals surface area contributed by atoms with Crippen LogP contribution in [0.3, 0.4) is 0 Å². The Morgan fingerprint density at radius 3 is 3.18 bits per heavy atom. The minimum absolute atomic E-state index is 0.370. The van der Waals surface area contributed by atoms with Gasteiger partial charge in [-0.15, -0.1) is 22.9 Å². The average Bonchev–Trinajstić information content (AvgIpc) is 2.86. The largest absolute Gasteiger partial charge is 0.380 e. The SMILES string of the molecule is COC1CCCN(C(C)c2nc(CCl)cs2)C1. The Morgan fingerprint density at radius 2 is 2.53 bits per heavy atom. The highest BCUT2D eigenvalue weighted by atomic mass is 35.5. The van der Waals surface area contributed by atoms with Gasteiger partial charge in [-0.3, -0.25) is 4.90 Å². The van der Waals surface area contributed by atoms with Gasteiger partial charge in [-0.25, -0.2) is 4.98 Å². The van der Waals surface area contributed by atoms with Gasteiger partial charge in [0.25, 0.3) is 0 Å². The van der Waals surface area contributed by atoms with Gasteiger partial charge < -0.3 is 4.74 Å². The van der Waals surface area contributed by atoms with Crippen molar-refractivity contribution < 1.29 is 4.74 Å². The summed E-state index contributed by atoms with van der Waals surface area (Å²) >= 11 is 7.49. The van der Waals surface area contributed by atoms with Gasteiger partial charge in [0.1, 0.15) is 5.01 Å². The first kappa shape index (κ1) is 13.3. The number of likely N-dealkylation sites (tertiary alicyclic amines) is 1. The van der Waals surface area contributed by atoms with Crippen molar-refractivity contribution in [3.8, 4) is 0 Å². The highest BCUT2D eigenvalue weighted by Gasteiger charge is 2.25. The molecule has 0 spiro atoms. The van der Waals surface area contributed by atoms with Gasteiger partial charge in [-0.1, -0.05) is 0 Å². The predicted octanol–water partition coefficient (Wildman–Crippen LogP) is 3.05. The van der Waals surface area contributed by atoms with Crippen LogP contribution in [0.4, 0.5) is 0 Å². The number of methoxy groups -OCH3 is 1. The topological polar surface area (TPSA) is 25.4 Å². The summed E-state index contributed by atoms with van der Waals surface area (Å²) in [5, 5.41) is 3.22. The van der Waals surface area contributed by atoms with Crippen LogP contribution in [-0.2, 0) is 10.6 Å². The van der Waals surface area contributed by atoms with Gasteiger partial charge in [-0.05, 0) is 26.3 Å². The Labute approximate surface area is 112 Å². The quantitative estimate of drug-likeness (QED) is 0.789. The zero-order chi connectivity index (χ0) is 12.3. The van der Waals surface area contributed by atoms with Crippen LogP contribution in [0.15, 0.2) is 5.38 Å². The predicted molar refractivity (Wildman–Crippen MR) is 71.7 cm³/mol. The van der Waals surface area contributed by atoms with E-state index in [9.17, 15) is 0 Å². The first-order valence-electron chi connectivity index (χ1n) is 6.01. The first-order chi connectivity index (χ1) is 8.24. The fourth-order valence-corrected chi connectivity index (χ4v) is 3.38. The fourth-order valence-electron chi connectivity index (χ4n) is 2.24. The average molecular weight is 275 g/mol. The highest BCUT2D eigenvalue weighted by Crippen LogP contribution is 2.27. The molecule has 2 unspecified atom stereocenters. The summed E-state index contributed by atoms with van der Waals surface area (Å²) in [5.74, 6) is 0.504. The van der Waals surface area contributed by atoms with Crippen LogP contribution in [0.5, 0.6) is 0 Å². The van der Waals surface area contributed by atoms with Crippen molar-refractivity contribution in [2.24, 2.45) is 0 Å². The van der Waals surface area contributed by atoms with Crippen molar-refractivity contribution in [2.45, 2.75) is 37.8 Å².